The molecule has 0 amide bonds. The van der Waals surface area contributed by atoms with E-state index in [1.807, 2.05) is 0 Å². The van der Waals surface area contributed by atoms with E-state index in [9.17, 15) is 9.59 Å². The number of aliphatic carboxylic acids is 2. The monoisotopic (exact) mass is 289 g/mol. The molecule has 0 aliphatic heterocycles. The Kier molecular flexibility index (Phi) is 10.5. The number of rotatable bonds is 3. The van der Waals surface area contributed by atoms with E-state index < -0.39 is 23.6 Å². The van der Waals surface area contributed by atoms with Crippen molar-refractivity contribution in [3.63, 3.8) is 0 Å². The van der Waals surface area contributed by atoms with Crippen molar-refractivity contribution in [3.05, 3.63) is 0 Å². The molecule has 0 aliphatic rings. The van der Waals surface area contributed by atoms with E-state index in [2.05, 4.69) is 41.4 Å². The van der Waals surface area contributed by atoms with E-state index >= 15 is 0 Å². The van der Waals surface area contributed by atoms with Crippen molar-refractivity contribution in [1.82, 2.24) is 0 Å². The molecule has 0 bridgehead atoms. The molecule has 1 atom stereocenters. The molecule has 0 aliphatic carbocycles. The van der Waals surface area contributed by atoms with Crippen LogP contribution in [0.25, 0.3) is 0 Å². The van der Waals surface area contributed by atoms with Crippen molar-refractivity contribution in [3.8, 4) is 0 Å². The fourth-order valence-electron chi connectivity index (χ4n) is 0.253. The zero-order chi connectivity index (χ0) is 9.44. The Bertz CT molecular complexity index is 151. The molecule has 1 unspecified atom stereocenters. The average Bonchev–Trinajstić information content (AvgIpc) is 1.90. The molecule has 0 radical (unpaired) electrons. The summed E-state index contributed by atoms with van der Waals surface area (Å²) in [5.41, 5.74) is 0. The Balaban J connectivity index is 0. The summed E-state index contributed by atoms with van der Waals surface area (Å²) in [5, 5.41) is 15.0. The number of thiol groups is 1. The third-order valence-electron chi connectivity index (χ3n) is 0.653. The molecular weight excluding hydrogens is 284 g/mol. The van der Waals surface area contributed by atoms with Gasteiger partial charge in [-0.1, -0.05) is 0 Å². The first-order valence-electron chi connectivity index (χ1n) is 2.29. The summed E-state index contributed by atoms with van der Waals surface area (Å²) < 4.78 is 0. The minimum absolute atomic E-state index is 0.446. The van der Waals surface area contributed by atoms with E-state index in [1.165, 1.54) is 0 Å². The first kappa shape index (κ1) is 13.8. The molecule has 0 aromatic rings. The topological polar surface area (TPSA) is 74.6 Å². The van der Waals surface area contributed by atoms with Crippen molar-refractivity contribution in [2.45, 2.75) is 11.7 Å². The summed E-state index contributed by atoms with van der Waals surface area (Å²) in [5.74, 6) is -2.36. The van der Waals surface area contributed by atoms with Gasteiger partial charge in [-0.25, -0.2) is 0 Å². The second-order valence-corrected chi connectivity index (χ2v) is 2.08. The van der Waals surface area contributed by atoms with Crippen LogP contribution >= 0.6 is 22.2 Å². The second kappa shape index (κ2) is 8.35. The van der Waals surface area contributed by atoms with Gasteiger partial charge in [-0.3, -0.25) is 9.59 Å². The van der Waals surface area contributed by atoms with Gasteiger partial charge in [0, 0.05) is 0 Å². The molecule has 2 N–H and O–H groups in total. The van der Waals surface area contributed by atoms with Crippen LogP contribution in [0.3, 0.4) is 0 Å². The van der Waals surface area contributed by atoms with Gasteiger partial charge in [0.15, 0.2) is 0 Å². The maximum absolute atomic E-state index is 9.90. The second-order valence-electron chi connectivity index (χ2n) is 1.45. The number of carboxylic acid groups (broad SMARTS) is 2. The van der Waals surface area contributed by atoms with Gasteiger partial charge in [0.25, 0.3) is 0 Å². The van der Waals surface area contributed by atoms with E-state index in [0.717, 1.165) is 0 Å². The fourth-order valence-corrected chi connectivity index (χ4v) is 0.409. The van der Waals surface area contributed by atoms with Crippen LogP contribution in [0.15, 0.2) is 0 Å². The molecule has 0 aromatic heterocycles. The van der Waals surface area contributed by atoms with Crippen molar-refractivity contribution in [2.24, 2.45) is 0 Å². The van der Waals surface area contributed by atoms with Crippen LogP contribution in [0.4, 0.5) is 0 Å². The Labute approximate surface area is 84.6 Å². The fraction of sp³-hybridized carbons (Fsp3) is 0.500. The molecule has 0 aromatic carbocycles. The van der Waals surface area contributed by atoms with Gasteiger partial charge in [-0.05, 0) is 0 Å². The van der Waals surface area contributed by atoms with Crippen LogP contribution in [0.5, 0.6) is 0 Å². The predicted octanol–water partition coefficient (Wildman–Crippen LogP) is 0.490. The maximum atomic E-state index is 9.90. The minimum atomic E-state index is -1.21. The van der Waals surface area contributed by atoms with Gasteiger partial charge in [0.2, 0.25) is 0 Å². The Morgan fingerprint density at radius 3 is 1.91 bits per heavy atom. The van der Waals surface area contributed by atoms with E-state index in [4.69, 9.17) is 10.2 Å². The summed E-state index contributed by atoms with van der Waals surface area (Å²) in [6.45, 7) is 0. The molecule has 0 saturated heterocycles. The van der Waals surface area contributed by atoms with Crippen LogP contribution in [0, 0.1) is 0 Å². The van der Waals surface area contributed by atoms with Crippen molar-refractivity contribution >= 4 is 34.1 Å². The quantitative estimate of drug-likeness (QED) is 0.521. The van der Waals surface area contributed by atoms with Gasteiger partial charge < -0.3 is 10.2 Å². The van der Waals surface area contributed by atoms with Gasteiger partial charge in [-0.2, -0.15) is 12.6 Å². The summed E-state index contributed by atoms with van der Waals surface area (Å²) in [6.07, 6.45) is -0.446. The van der Waals surface area contributed by atoms with Crippen molar-refractivity contribution in [1.29, 1.82) is 0 Å². The Morgan fingerprint density at radius 1 is 1.45 bits per heavy atom. The molecule has 0 spiro atoms. The van der Waals surface area contributed by atoms with Crippen LogP contribution in [0.2, 0.25) is 0 Å². The Hall–Kier alpha value is 0.250. The third kappa shape index (κ3) is 10.3. The van der Waals surface area contributed by atoms with Gasteiger partial charge >= 0.3 is 40.7 Å². The standard InChI is InChI=1S/C4H6O4S.Ag.S/c5-3(6)1-2(9)4(7)8;;/h2,9H,1H2,(H,5,6)(H,7,8);;. The van der Waals surface area contributed by atoms with Crippen LogP contribution in [-0.4, -0.2) is 27.4 Å². The third-order valence-corrected chi connectivity index (χ3v) is 1.06. The summed E-state index contributed by atoms with van der Waals surface area (Å²) >= 11 is 6.02. The number of carbonyl (C=O) groups is 2. The number of carboxylic acids is 2. The van der Waals surface area contributed by atoms with Gasteiger partial charge in [0.1, 0.15) is 5.25 Å². The van der Waals surface area contributed by atoms with Gasteiger partial charge in [-0.15, -0.1) is 0 Å². The first-order valence-corrected chi connectivity index (χ1v) is 4.87. The Morgan fingerprint density at radius 2 is 1.82 bits per heavy atom. The zero-order valence-electron chi connectivity index (χ0n) is 5.15. The molecule has 0 heterocycles. The summed E-state index contributed by atoms with van der Waals surface area (Å²) in [6, 6.07) is 0. The molecular formula is C4H6AgO4S2. The van der Waals surface area contributed by atoms with E-state index in [1.54, 1.807) is 0 Å². The summed E-state index contributed by atoms with van der Waals surface area (Å²) in [7, 11) is 3.89. The van der Waals surface area contributed by atoms with Crippen LogP contribution < -0.4 is 0 Å². The molecule has 0 rings (SSSR count). The van der Waals surface area contributed by atoms with E-state index in [-0.39, 0.29) is 0 Å². The van der Waals surface area contributed by atoms with Crippen LogP contribution in [-0.2, 0) is 28.8 Å². The molecule has 11 heavy (non-hydrogen) atoms. The zero-order valence-corrected chi connectivity index (χ0v) is 8.35. The normalized spacial score (nSPS) is 10.8. The molecule has 0 fully saturated rings. The molecule has 7 heteroatoms. The average molecular weight is 290 g/mol. The first-order chi connectivity index (χ1) is 5.04. The molecule has 0 saturated carbocycles. The van der Waals surface area contributed by atoms with E-state index in [0.29, 0.717) is 0 Å². The SMILES string of the molecule is O=C(O)CC(S)C(=O)O.[S]=[Ag]. The predicted molar refractivity (Wildman–Crippen MR) is 40.3 cm³/mol. The molecule has 69 valence electrons. The van der Waals surface area contributed by atoms with Crippen molar-refractivity contribution < 1.29 is 39.0 Å². The van der Waals surface area contributed by atoms with Gasteiger partial charge in [0.05, 0.1) is 6.42 Å². The van der Waals surface area contributed by atoms with Crippen LogP contribution in [0.1, 0.15) is 6.42 Å². The number of hydrogen-bond acceptors (Lipinski definition) is 4. The molecule has 4 nitrogen and oxygen atoms in total. The number of hydrogen-bond donors (Lipinski definition) is 3. The summed E-state index contributed by atoms with van der Waals surface area (Å²) in [4.78, 5) is 19.7. The van der Waals surface area contributed by atoms with Crippen molar-refractivity contribution in [2.75, 3.05) is 0 Å².